The van der Waals surface area contributed by atoms with Crippen molar-refractivity contribution in [3.8, 4) is 0 Å². The van der Waals surface area contributed by atoms with E-state index >= 15 is 0 Å². The van der Waals surface area contributed by atoms with Crippen LogP contribution in [-0.4, -0.2) is 45.9 Å². The van der Waals surface area contributed by atoms with Gasteiger partial charge in [-0.1, -0.05) is 208 Å². The van der Waals surface area contributed by atoms with E-state index in [9.17, 15) is 5.53 Å². The van der Waals surface area contributed by atoms with Gasteiger partial charge in [0, 0.05) is 4.91 Å². The normalized spacial score (nSPS) is 13.8. The van der Waals surface area contributed by atoms with Crippen LogP contribution in [0.1, 0.15) is 43.0 Å². The first-order valence-electron chi connectivity index (χ1n) is 20.2. The predicted molar refractivity (Wildman–Crippen MR) is 238 cm³/mol. The fourth-order valence-electron chi connectivity index (χ4n) is 7.49. The van der Waals surface area contributed by atoms with E-state index in [1.54, 1.807) is 0 Å². The van der Waals surface area contributed by atoms with E-state index in [0.717, 1.165) is 32.6 Å². The number of azide groups is 1. The lowest BCUT2D eigenvalue weighted by Gasteiger charge is -2.44. The lowest BCUT2D eigenvalue weighted by Crippen LogP contribution is -2.67. The van der Waals surface area contributed by atoms with Crippen molar-refractivity contribution in [3.05, 3.63) is 215 Å². The molecule has 8 nitrogen and oxygen atoms in total. The minimum absolute atomic E-state index is 0.0879. The summed E-state index contributed by atoms with van der Waals surface area (Å²) in [5.41, 5.74) is 14.0. The van der Waals surface area contributed by atoms with Crippen LogP contribution in [-0.2, 0) is 49.8 Å². The Labute approximate surface area is 350 Å². The van der Waals surface area contributed by atoms with Gasteiger partial charge < -0.3 is 23.4 Å². The summed E-state index contributed by atoms with van der Waals surface area (Å²) in [7, 11) is -3.04. The fraction of sp³-hybridized carbons (Fsp3) is 0.280. The van der Waals surface area contributed by atoms with Gasteiger partial charge in [0.05, 0.1) is 51.8 Å². The number of hydrogen-bond acceptors (Lipinski definition) is 6. The molecule has 6 aromatic rings. The van der Waals surface area contributed by atoms with Crippen LogP contribution in [0.5, 0.6) is 0 Å². The van der Waals surface area contributed by atoms with Crippen molar-refractivity contribution >= 4 is 18.7 Å². The van der Waals surface area contributed by atoms with Crippen LogP contribution in [0.2, 0.25) is 5.04 Å². The number of ether oxygens (including phenoxy) is 4. The smallest absolute Gasteiger partial charge is 0.261 e. The fourth-order valence-corrected chi connectivity index (χ4v) is 12.1. The Kier molecular flexibility index (Phi) is 16.2. The summed E-state index contributed by atoms with van der Waals surface area (Å²) in [4.78, 5) is 3.33. The molecule has 304 valence electrons. The van der Waals surface area contributed by atoms with Gasteiger partial charge >= 0.3 is 0 Å². The SMILES string of the molecule is CC(C)(C)[Si](OC[C@H](OCc1ccccc1)[C@@H](OCc1ccccc1)[C@H](OCc1ccccc1)[C@H](COCc1ccccc1)N=[N+]=[N-])(c1ccccc1)c1ccccc1. The van der Waals surface area contributed by atoms with Crippen molar-refractivity contribution in [2.75, 3.05) is 13.2 Å². The van der Waals surface area contributed by atoms with Gasteiger partial charge in [0.2, 0.25) is 0 Å². The van der Waals surface area contributed by atoms with Crippen LogP contribution < -0.4 is 10.4 Å². The molecule has 6 rings (SSSR count). The number of rotatable bonds is 22. The maximum absolute atomic E-state index is 10.1. The predicted octanol–water partition coefficient (Wildman–Crippen LogP) is 10.2. The average molecular weight is 806 g/mol. The highest BCUT2D eigenvalue weighted by atomic mass is 28.4. The quantitative estimate of drug-likeness (QED) is 0.0295. The summed E-state index contributed by atoms with van der Waals surface area (Å²) >= 11 is 0. The molecule has 0 radical (unpaired) electrons. The van der Waals surface area contributed by atoms with Gasteiger partial charge in [-0.25, -0.2) is 0 Å². The second-order valence-electron chi connectivity index (χ2n) is 15.6. The van der Waals surface area contributed by atoms with Crippen LogP contribution in [0, 0.1) is 0 Å². The zero-order valence-corrected chi connectivity index (χ0v) is 35.3. The molecule has 0 amide bonds. The molecule has 0 aromatic heterocycles. The van der Waals surface area contributed by atoms with Gasteiger partial charge in [-0.05, 0) is 43.2 Å². The number of benzene rings is 6. The second-order valence-corrected chi connectivity index (χ2v) is 19.9. The number of hydrogen-bond donors (Lipinski definition) is 0. The van der Waals surface area contributed by atoms with Gasteiger partial charge in [0.25, 0.3) is 8.32 Å². The summed E-state index contributed by atoms with van der Waals surface area (Å²) in [6, 6.07) is 60.4. The molecule has 0 saturated carbocycles. The Bertz CT molecular complexity index is 2080. The van der Waals surface area contributed by atoms with Crippen LogP contribution in [0.25, 0.3) is 10.4 Å². The molecule has 0 unspecified atom stereocenters. The largest absolute Gasteiger partial charge is 0.405 e. The van der Waals surface area contributed by atoms with Gasteiger partial charge in [0.1, 0.15) is 12.2 Å². The molecule has 9 heteroatoms. The van der Waals surface area contributed by atoms with Gasteiger partial charge in [-0.3, -0.25) is 0 Å². The van der Waals surface area contributed by atoms with Gasteiger partial charge in [-0.2, -0.15) is 0 Å². The Morgan fingerprint density at radius 2 is 0.864 bits per heavy atom. The van der Waals surface area contributed by atoms with Crippen molar-refractivity contribution in [3.63, 3.8) is 0 Å². The van der Waals surface area contributed by atoms with E-state index in [0.29, 0.717) is 13.2 Å². The van der Waals surface area contributed by atoms with Crippen LogP contribution in [0.15, 0.2) is 187 Å². The first kappa shape index (κ1) is 43.2. The van der Waals surface area contributed by atoms with Gasteiger partial charge in [-0.15, -0.1) is 0 Å². The molecule has 0 aliphatic carbocycles. The zero-order chi connectivity index (χ0) is 41.2. The monoisotopic (exact) mass is 805 g/mol. The lowest BCUT2D eigenvalue weighted by molar-refractivity contribution is -0.169. The summed E-state index contributed by atoms with van der Waals surface area (Å²) in [5.74, 6) is 0. The summed E-state index contributed by atoms with van der Waals surface area (Å²) in [6.45, 7) is 8.17. The van der Waals surface area contributed by atoms with E-state index in [-0.39, 0.29) is 31.5 Å². The van der Waals surface area contributed by atoms with Crippen molar-refractivity contribution in [1.29, 1.82) is 0 Å². The van der Waals surface area contributed by atoms with Crippen LogP contribution >= 0.6 is 0 Å². The maximum Gasteiger partial charge on any atom is 0.261 e. The van der Waals surface area contributed by atoms with E-state index in [2.05, 4.69) is 79.3 Å². The van der Waals surface area contributed by atoms with Crippen molar-refractivity contribution in [2.24, 2.45) is 5.11 Å². The highest BCUT2D eigenvalue weighted by Gasteiger charge is 2.51. The van der Waals surface area contributed by atoms with E-state index < -0.39 is 32.7 Å². The number of nitrogens with zero attached hydrogens (tertiary/aromatic N) is 3. The third-order valence-electron chi connectivity index (χ3n) is 10.4. The van der Waals surface area contributed by atoms with Crippen molar-refractivity contribution in [1.82, 2.24) is 0 Å². The van der Waals surface area contributed by atoms with E-state index in [1.165, 1.54) is 0 Å². The highest BCUT2D eigenvalue weighted by Crippen LogP contribution is 2.37. The average Bonchev–Trinajstić information content (AvgIpc) is 3.28. The molecule has 0 bridgehead atoms. The third-order valence-corrected chi connectivity index (χ3v) is 15.4. The molecule has 0 spiro atoms. The molecule has 0 heterocycles. The molecule has 6 aromatic carbocycles. The van der Waals surface area contributed by atoms with Crippen molar-refractivity contribution < 1.29 is 23.4 Å². The minimum atomic E-state index is -3.04. The summed E-state index contributed by atoms with van der Waals surface area (Å²) in [6.07, 6.45) is -2.28. The summed E-state index contributed by atoms with van der Waals surface area (Å²) < 4.78 is 34.8. The molecule has 0 saturated heterocycles. The Hall–Kier alpha value is -5.35. The molecular formula is C50H55N3O5Si. The minimum Gasteiger partial charge on any atom is -0.405 e. The Morgan fingerprint density at radius 3 is 1.27 bits per heavy atom. The standard InChI is InChI=1S/C50H55N3O5Si/c1-50(2,3)59(44-30-18-8-19-31-44,45-32-20-9-21-33-45)58-39-47(55-35-41-24-12-5-13-25-41)49(57-37-43-28-16-7-17-29-43)48(56-36-42-26-14-6-15-27-42)46(52-53-51)38-54-34-40-22-10-4-11-23-40/h4-33,46-49H,34-39H2,1-3H3/t46-,47-,48+,49+/m0/s1. The summed E-state index contributed by atoms with van der Waals surface area (Å²) in [5, 5.41) is 6.37. The van der Waals surface area contributed by atoms with E-state index in [1.807, 2.05) is 133 Å². The topological polar surface area (TPSA) is 94.9 Å². The second kappa shape index (κ2) is 22.1. The first-order valence-corrected chi connectivity index (χ1v) is 22.2. The molecular weight excluding hydrogens is 751 g/mol. The molecule has 0 aliphatic heterocycles. The van der Waals surface area contributed by atoms with Crippen LogP contribution in [0.3, 0.4) is 0 Å². The zero-order valence-electron chi connectivity index (χ0n) is 34.3. The van der Waals surface area contributed by atoms with Crippen molar-refractivity contribution in [2.45, 2.75) is 76.6 Å². The molecule has 59 heavy (non-hydrogen) atoms. The van der Waals surface area contributed by atoms with E-state index in [4.69, 9.17) is 23.4 Å². The molecule has 4 atom stereocenters. The first-order chi connectivity index (χ1) is 28.9. The highest BCUT2D eigenvalue weighted by molar-refractivity contribution is 6.99. The molecule has 0 N–H and O–H groups in total. The molecule has 0 aliphatic rings. The van der Waals surface area contributed by atoms with Crippen LogP contribution in [0.4, 0.5) is 0 Å². The maximum atomic E-state index is 10.1. The Balaban J connectivity index is 1.44. The lowest BCUT2D eigenvalue weighted by atomic mass is 10.0. The van der Waals surface area contributed by atoms with Gasteiger partial charge in [0.15, 0.2) is 0 Å². The molecule has 0 fully saturated rings. The third kappa shape index (κ3) is 12.1. The Morgan fingerprint density at radius 1 is 0.492 bits per heavy atom.